The number of amides is 2. The molecule has 0 aromatic heterocycles. The van der Waals surface area contributed by atoms with E-state index in [9.17, 15) is 18.8 Å². The number of esters is 1. The quantitative estimate of drug-likeness (QED) is 0.593. The van der Waals surface area contributed by atoms with Crippen molar-refractivity contribution >= 4 is 17.8 Å². The van der Waals surface area contributed by atoms with Crippen molar-refractivity contribution in [2.75, 3.05) is 19.8 Å². The molecule has 2 aromatic carbocycles. The van der Waals surface area contributed by atoms with Crippen molar-refractivity contribution in [3.63, 3.8) is 0 Å². The molecule has 0 saturated carbocycles. The second kappa shape index (κ2) is 7.12. The maximum absolute atomic E-state index is 13.4. The Kier molecular flexibility index (Phi) is 4.74. The number of ether oxygens (including phenoxy) is 2. The summed E-state index contributed by atoms with van der Waals surface area (Å²) in [5, 5.41) is 0. The molecule has 1 aliphatic heterocycles. The summed E-state index contributed by atoms with van der Waals surface area (Å²) in [6.45, 7) is -0.689. The van der Waals surface area contributed by atoms with Crippen molar-refractivity contribution in [1.82, 2.24) is 4.90 Å². The van der Waals surface area contributed by atoms with Gasteiger partial charge in [0, 0.05) is 0 Å². The SMILES string of the molecule is O=C(COc1ccccc1F)OCCN1C(=O)c2ccccc2C1=O. The highest BCUT2D eigenvalue weighted by Crippen LogP contribution is 2.22. The first-order chi connectivity index (χ1) is 12.1. The topological polar surface area (TPSA) is 72.9 Å². The summed E-state index contributed by atoms with van der Waals surface area (Å²) in [5.74, 6) is -2.19. The summed E-state index contributed by atoms with van der Waals surface area (Å²) >= 11 is 0. The highest BCUT2D eigenvalue weighted by molar-refractivity contribution is 6.21. The van der Waals surface area contributed by atoms with Gasteiger partial charge in [-0.05, 0) is 24.3 Å². The van der Waals surface area contributed by atoms with Gasteiger partial charge in [-0.2, -0.15) is 0 Å². The molecule has 1 aliphatic rings. The number of hydrogen-bond donors (Lipinski definition) is 0. The van der Waals surface area contributed by atoms with E-state index in [4.69, 9.17) is 9.47 Å². The minimum Gasteiger partial charge on any atom is -0.479 e. The van der Waals surface area contributed by atoms with Gasteiger partial charge < -0.3 is 9.47 Å². The zero-order valence-corrected chi connectivity index (χ0v) is 13.1. The lowest BCUT2D eigenvalue weighted by Crippen LogP contribution is -2.34. The van der Waals surface area contributed by atoms with Gasteiger partial charge >= 0.3 is 5.97 Å². The smallest absolute Gasteiger partial charge is 0.344 e. The number of benzene rings is 2. The Morgan fingerprint density at radius 1 is 0.960 bits per heavy atom. The second-order valence-electron chi connectivity index (χ2n) is 5.25. The lowest BCUT2D eigenvalue weighted by atomic mass is 10.1. The van der Waals surface area contributed by atoms with Gasteiger partial charge in [-0.25, -0.2) is 9.18 Å². The average molecular weight is 343 g/mol. The highest BCUT2D eigenvalue weighted by atomic mass is 19.1. The van der Waals surface area contributed by atoms with Crippen LogP contribution < -0.4 is 4.74 Å². The molecule has 0 fully saturated rings. The van der Waals surface area contributed by atoms with E-state index in [0.717, 1.165) is 4.90 Å². The molecule has 2 amide bonds. The molecule has 25 heavy (non-hydrogen) atoms. The lowest BCUT2D eigenvalue weighted by molar-refractivity contribution is -0.146. The van der Waals surface area contributed by atoms with Gasteiger partial charge in [0.1, 0.15) is 6.61 Å². The number of rotatable bonds is 6. The van der Waals surface area contributed by atoms with Crippen LogP contribution in [0.1, 0.15) is 20.7 Å². The molecule has 0 spiro atoms. The third-order valence-electron chi connectivity index (χ3n) is 3.64. The van der Waals surface area contributed by atoms with E-state index in [1.165, 1.54) is 18.2 Å². The molecule has 3 rings (SSSR count). The van der Waals surface area contributed by atoms with E-state index in [0.29, 0.717) is 11.1 Å². The van der Waals surface area contributed by atoms with Crippen LogP contribution in [-0.4, -0.2) is 42.4 Å². The van der Waals surface area contributed by atoms with E-state index >= 15 is 0 Å². The molecular formula is C18H14FNO5. The lowest BCUT2D eigenvalue weighted by Gasteiger charge is -2.14. The molecular weight excluding hydrogens is 329 g/mol. The van der Waals surface area contributed by atoms with E-state index in [1.807, 2.05) is 0 Å². The van der Waals surface area contributed by atoms with Gasteiger partial charge in [0.25, 0.3) is 11.8 Å². The van der Waals surface area contributed by atoms with Crippen LogP contribution in [0.3, 0.4) is 0 Å². The van der Waals surface area contributed by atoms with Crippen LogP contribution in [-0.2, 0) is 9.53 Å². The second-order valence-corrected chi connectivity index (χ2v) is 5.25. The van der Waals surface area contributed by atoms with Crippen molar-refractivity contribution in [2.24, 2.45) is 0 Å². The van der Waals surface area contributed by atoms with Crippen LogP contribution in [0.15, 0.2) is 48.5 Å². The first-order valence-electron chi connectivity index (χ1n) is 7.56. The van der Waals surface area contributed by atoms with Crippen molar-refractivity contribution in [1.29, 1.82) is 0 Å². The van der Waals surface area contributed by atoms with Crippen LogP contribution in [0, 0.1) is 5.82 Å². The van der Waals surface area contributed by atoms with Gasteiger partial charge in [-0.1, -0.05) is 24.3 Å². The molecule has 128 valence electrons. The molecule has 2 aromatic rings. The molecule has 0 bridgehead atoms. The Morgan fingerprint density at radius 3 is 2.20 bits per heavy atom. The van der Waals surface area contributed by atoms with Crippen LogP contribution in [0.25, 0.3) is 0 Å². The number of carbonyl (C=O) groups excluding carboxylic acids is 3. The Bertz CT molecular complexity index is 801. The van der Waals surface area contributed by atoms with Gasteiger partial charge in [0.05, 0.1) is 17.7 Å². The first-order valence-corrected chi connectivity index (χ1v) is 7.56. The third kappa shape index (κ3) is 3.50. The largest absolute Gasteiger partial charge is 0.479 e. The van der Waals surface area contributed by atoms with Gasteiger partial charge in [0.15, 0.2) is 18.2 Å². The predicted molar refractivity (Wildman–Crippen MR) is 84.7 cm³/mol. The summed E-state index contributed by atoms with van der Waals surface area (Å²) in [5.41, 5.74) is 0.670. The first kappa shape index (κ1) is 16.6. The average Bonchev–Trinajstić information content (AvgIpc) is 2.86. The molecule has 6 nitrogen and oxygen atoms in total. The summed E-state index contributed by atoms with van der Waals surface area (Å²) < 4.78 is 23.3. The van der Waals surface area contributed by atoms with Crippen molar-refractivity contribution in [3.8, 4) is 5.75 Å². The number of imide groups is 1. The van der Waals surface area contributed by atoms with Crippen LogP contribution in [0.4, 0.5) is 4.39 Å². The maximum Gasteiger partial charge on any atom is 0.344 e. The molecule has 1 heterocycles. The summed E-state index contributed by atoms with van der Waals surface area (Å²) in [4.78, 5) is 36.9. The number of halogens is 1. The fourth-order valence-corrected chi connectivity index (χ4v) is 2.43. The van der Waals surface area contributed by atoms with Crippen molar-refractivity contribution in [2.45, 2.75) is 0 Å². The molecule has 7 heteroatoms. The number of hydrogen-bond acceptors (Lipinski definition) is 5. The van der Waals surface area contributed by atoms with Crippen LogP contribution in [0.2, 0.25) is 0 Å². The molecule has 0 saturated heterocycles. The summed E-state index contributed by atoms with van der Waals surface area (Å²) in [6.07, 6.45) is 0. The summed E-state index contributed by atoms with van der Waals surface area (Å²) in [7, 11) is 0. The third-order valence-corrected chi connectivity index (χ3v) is 3.64. The van der Waals surface area contributed by atoms with E-state index in [1.54, 1.807) is 30.3 Å². The van der Waals surface area contributed by atoms with Crippen LogP contribution in [0.5, 0.6) is 5.75 Å². The predicted octanol–water partition coefficient (Wildman–Crippen LogP) is 2.04. The molecule has 0 atom stereocenters. The molecule has 0 N–H and O–H groups in total. The number of para-hydroxylation sites is 1. The Balaban J connectivity index is 1.47. The van der Waals surface area contributed by atoms with Gasteiger partial charge in [0.2, 0.25) is 0 Å². The van der Waals surface area contributed by atoms with E-state index in [2.05, 4.69) is 0 Å². The molecule has 0 radical (unpaired) electrons. The van der Waals surface area contributed by atoms with E-state index < -0.39 is 30.2 Å². The molecule has 0 aliphatic carbocycles. The fourth-order valence-electron chi connectivity index (χ4n) is 2.43. The monoisotopic (exact) mass is 343 g/mol. The number of nitrogens with zero attached hydrogens (tertiary/aromatic N) is 1. The molecule has 0 unspecified atom stereocenters. The fraction of sp³-hybridized carbons (Fsp3) is 0.167. The standard InChI is InChI=1S/C18H14FNO5/c19-14-7-3-4-8-15(14)25-11-16(21)24-10-9-20-17(22)12-5-1-2-6-13(12)18(20)23/h1-8H,9-11H2. The highest BCUT2D eigenvalue weighted by Gasteiger charge is 2.34. The zero-order valence-electron chi connectivity index (χ0n) is 13.1. The Hall–Kier alpha value is -3.22. The number of fused-ring (bicyclic) bond motifs is 1. The van der Waals surface area contributed by atoms with Crippen molar-refractivity contribution in [3.05, 3.63) is 65.5 Å². The van der Waals surface area contributed by atoms with Gasteiger partial charge in [-0.15, -0.1) is 0 Å². The minimum absolute atomic E-state index is 0.0557. The van der Waals surface area contributed by atoms with E-state index in [-0.39, 0.29) is 18.9 Å². The normalized spacial score (nSPS) is 12.9. The Morgan fingerprint density at radius 2 is 1.56 bits per heavy atom. The minimum atomic E-state index is -0.722. The maximum atomic E-state index is 13.4. The van der Waals surface area contributed by atoms with Crippen LogP contribution >= 0.6 is 0 Å². The van der Waals surface area contributed by atoms with Gasteiger partial charge in [-0.3, -0.25) is 14.5 Å². The zero-order chi connectivity index (χ0) is 17.8. The number of carbonyl (C=O) groups is 3. The Labute approximate surface area is 142 Å². The van der Waals surface area contributed by atoms with Crippen molar-refractivity contribution < 1.29 is 28.2 Å². The summed E-state index contributed by atoms with van der Waals surface area (Å²) in [6, 6.07) is 12.2.